The number of ether oxygens (including phenoxy) is 2. The van der Waals surface area contributed by atoms with Gasteiger partial charge < -0.3 is 25.4 Å². The average molecular weight is 486 g/mol. The van der Waals surface area contributed by atoms with E-state index < -0.39 is 23.2 Å². The van der Waals surface area contributed by atoms with Crippen LogP contribution in [-0.2, 0) is 11.6 Å². The number of hydrogen-bond donors (Lipinski definition) is 3. The van der Waals surface area contributed by atoms with E-state index in [1.54, 1.807) is 32.4 Å². The first kappa shape index (κ1) is 24.8. The number of rotatable bonds is 7. The molecule has 0 saturated heterocycles. The Morgan fingerprint density at radius 1 is 0.969 bits per heavy atom. The minimum Gasteiger partial charge on any atom is -0.497 e. The maximum atomic E-state index is 14.1. The summed E-state index contributed by atoms with van der Waals surface area (Å²) in [5.41, 5.74) is 1.40. The summed E-state index contributed by atoms with van der Waals surface area (Å²) in [5, 5.41) is 9.09. The summed E-state index contributed by atoms with van der Waals surface area (Å²) in [6.07, 6.45) is 1.36. The minimum atomic E-state index is -0.816. The predicted octanol–water partition coefficient (Wildman–Crippen LogP) is 4.28. The van der Waals surface area contributed by atoms with Crippen LogP contribution in [0.5, 0.6) is 11.5 Å². The lowest BCUT2D eigenvalue weighted by Gasteiger charge is -2.14. The van der Waals surface area contributed by atoms with E-state index in [2.05, 4.69) is 25.9 Å². The van der Waals surface area contributed by atoms with Crippen LogP contribution in [0.3, 0.4) is 0 Å². The lowest BCUT2D eigenvalue weighted by atomic mass is 10.2. The number of nitrogens with zero attached hydrogens (tertiary/aromatic N) is 2. The quantitative estimate of drug-likeness (QED) is 0.451. The van der Waals surface area contributed by atoms with Crippen LogP contribution in [0.1, 0.15) is 0 Å². The van der Waals surface area contributed by atoms with E-state index in [9.17, 15) is 8.78 Å². The van der Waals surface area contributed by atoms with Gasteiger partial charge in [0.05, 0.1) is 37.5 Å². The highest BCUT2D eigenvalue weighted by atomic mass is 35.5. The number of hydrogen-bond acceptors (Lipinski definition) is 9. The highest BCUT2D eigenvalue weighted by Crippen LogP contribution is 2.32. The van der Waals surface area contributed by atoms with E-state index in [-0.39, 0.29) is 22.4 Å². The third-order valence-electron chi connectivity index (χ3n) is 3.98. The molecule has 0 saturated carbocycles. The van der Waals surface area contributed by atoms with Gasteiger partial charge in [0, 0.05) is 25.2 Å². The average Bonchev–Trinajstić information content (AvgIpc) is 2.78. The van der Waals surface area contributed by atoms with Gasteiger partial charge in [0.15, 0.2) is 17.4 Å². The second kappa shape index (κ2) is 11.8. The Morgan fingerprint density at radius 3 is 2.31 bits per heavy atom. The Hall–Kier alpha value is -3.51. The molecule has 0 amide bonds. The van der Waals surface area contributed by atoms with E-state index >= 15 is 0 Å². The summed E-state index contributed by atoms with van der Waals surface area (Å²) in [6.45, 7) is 0. The van der Waals surface area contributed by atoms with Crippen LogP contribution in [0, 0.1) is 11.6 Å². The number of aromatic nitrogens is 2. The SMILES string of the molecule is CNc1cc(OC)ccc1Nc1nc(Nc2cc(OC)c(F)cc2F)ncc1Cl.O=S=O. The molecule has 0 atom stereocenters. The van der Waals surface area contributed by atoms with Gasteiger partial charge in [-0.2, -0.15) is 13.4 Å². The maximum absolute atomic E-state index is 14.1. The van der Waals surface area contributed by atoms with Crippen LogP contribution in [0.2, 0.25) is 5.02 Å². The highest BCUT2D eigenvalue weighted by Gasteiger charge is 2.14. The molecule has 1 heterocycles. The molecular weight excluding hydrogens is 468 g/mol. The maximum Gasteiger partial charge on any atom is 0.335 e. The van der Waals surface area contributed by atoms with Crippen molar-refractivity contribution < 1.29 is 26.7 Å². The molecule has 0 aliphatic heterocycles. The Labute approximate surface area is 190 Å². The third kappa shape index (κ3) is 6.25. The van der Waals surface area contributed by atoms with E-state index in [4.69, 9.17) is 29.5 Å². The molecule has 2 aromatic carbocycles. The monoisotopic (exact) mass is 485 g/mol. The zero-order chi connectivity index (χ0) is 23.7. The van der Waals surface area contributed by atoms with Crippen molar-refractivity contribution in [3.8, 4) is 11.5 Å². The van der Waals surface area contributed by atoms with E-state index in [0.717, 1.165) is 5.69 Å². The molecule has 3 rings (SSSR count). The van der Waals surface area contributed by atoms with Gasteiger partial charge in [0.25, 0.3) is 0 Å². The van der Waals surface area contributed by atoms with E-state index in [1.807, 2.05) is 0 Å². The van der Waals surface area contributed by atoms with Crippen molar-refractivity contribution in [1.82, 2.24) is 9.97 Å². The normalized spacial score (nSPS) is 9.81. The Bertz CT molecular complexity index is 1130. The van der Waals surface area contributed by atoms with Gasteiger partial charge in [-0.25, -0.2) is 13.8 Å². The summed E-state index contributed by atoms with van der Waals surface area (Å²) < 4.78 is 54.3. The molecule has 1 aromatic heterocycles. The molecule has 13 heteroatoms. The van der Waals surface area contributed by atoms with Crippen LogP contribution in [0.25, 0.3) is 0 Å². The molecule has 3 N–H and O–H groups in total. The van der Waals surface area contributed by atoms with E-state index in [0.29, 0.717) is 23.3 Å². The van der Waals surface area contributed by atoms with Crippen molar-refractivity contribution in [1.29, 1.82) is 0 Å². The van der Waals surface area contributed by atoms with Crippen molar-refractivity contribution in [3.05, 3.63) is 53.2 Å². The second-order valence-electron chi connectivity index (χ2n) is 5.84. The molecule has 32 heavy (non-hydrogen) atoms. The van der Waals surface area contributed by atoms with Crippen LogP contribution in [0.4, 0.5) is 37.6 Å². The summed E-state index contributed by atoms with van der Waals surface area (Å²) in [5.74, 6) is -0.711. The lowest BCUT2D eigenvalue weighted by Crippen LogP contribution is -2.04. The Kier molecular flexibility index (Phi) is 9.10. The van der Waals surface area contributed by atoms with Gasteiger partial charge >= 0.3 is 11.6 Å². The number of methoxy groups -OCH3 is 2. The Morgan fingerprint density at radius 2 is 1.69 bits per heavy atom. The molecule has 0 bridgehead atoms. The van der Waals surface area contributed by atoms with Gasteiger partial charge in [-0.3, -0.25) is 0 Å². The predicted molar refractivity (Wildman–Crippen MR) is 118 cm³/mol. The zero-order valence-corrected chi connectivity index (χ0v) is 18.6. The summed E-state index contributed by atoms with van der Waals surface area (Å²) in [7, 11) is 4.62. The molecule has 3 aromatic rings. The van der Waals surface area contributed by atoms with Crippen LogP contribution >= 0.6 is 11.6 Å². The highest BCUT2D eigenvalue weighted by molar-refractivity contribution is 7.51. The summed E-state index contributed by atoms with van der Waals surface area (Å²) in [4.78, 5) is 8.31. The van der Waals surface area contributed by atoms with E-state index in [1.165, 1.54) is 19.4 Å². The number of nitrogens with one attached hydrogen (secondary N) is 3. The second-order valence-corrected chi connectivity index (χ2v) is 6.38. The lowest BCUT2D eigenvalue weighted by molar-refractivity contribution is 0.384. The fourth-order valence-electron chi connectivity index (χ4n) is 2.51. The fourth-order valence-corrected chi connectivity index (χ4v) is 2.65. The van der Waals surface area contributed by atoms with Gasteiger partial charge in [0.1, 0.15) is 16.6 Å². The van der Waals surface area contributed by atoms with Crippen molar-refractivity contribution >= 4 is 52.0 Å². The Balaban J connectivity index is 0.00000114. The first-order valence-corrected chi connectivity index (χ1v) is 9.78. The topological polar surface area (TPSA) is 114 Å². The zero-order valence-electron chi connectivity index (χ0n) is 17.0. The van der Waals surface area contributed by atoms with Gasteiger partial charge in [-0.1, -0.05) is 11.6 Å². The molecule has 0 radical (unpaired) electrons. The van der Waals surface area contributed by atoms with Crippen molar-refractivity contribution in [2.45, 2.75) is 0 Å². The molecule has 0 aliphatic rings. The number of benzene rings is 2. The molecule has 0 unspecified atom stereocenters. The molecular formula is C19H18ClF2N5O4S. The van der Waals surface area contributed by atoms with Crippen LogP contribution < -0.4 is 25.4 Å². The van der Waals surface area contributed by atoms with Crippen molar-refractivity contribution in [2.75, 3.05) is 37.2 Å². The number of anilines is 5. The molecule has 0 aliphatic carbocycles. The first-order valence-electron chi connectivity index (χ1n) is 8.74. The molecule has 0 spiro atoms. The third-order valence-corrected chi connectivity index (χ3v) is 4.26. The van der Waals surface area contributed by atoms with Crippen molar-refractivity contribution in [2.24, 2.45) is 0 Å². The molecule has 9 nitrogen and oxygen atoms in total. The molecule has 0 fully saturated rings. The standard InChI is InChI=1S/C19H18ClF2N5O2.O2S/c1-23-16-6-10(28-2)4-5-14(16)25-18-11(20)9-24-19(27-18)26-15-8-17(29-3)13(22)7-12(15)21;1-3-2/h4-9,23H,1-3H3,(H2,24,25,26,27);. The van der Waals surface area contributed by atoms with Gasteiger partial charge in [0.2, 0.25) is 5.95 Å². The fraction of sp³-hybridized carbons (Fsp3) is 0.158. The van der Waals surface area contributed by atoms with Crippen LogP contribution in [-0.4, -0.2) is 39.7 Å². The molecule has 170 valence electrons. The summed E-state index contributed by atoms with van der Waals surface area (Å²) in [6, 6.07) is 7.26. The van der Waals surface area contributed by atoms with Crippen molar-refractivity contribution in [3.63, 3.8) is 0 Å². The summed E-state index contributed by atoms with van der Waals surface area (Å²) >= 11 is 5.45. The van der Waals surface area contributed by atoms with Crippen LogP contribution in [0.15, 0.2) is 36.5 Å². The number of halogens is 3. The van der Waals surface area contributed by atoms with Gasteiger partial charge in [-0.15, -0.1) is 0 Å². The smallest absolute Gasteiger partial charge is 0.335 e. The minimum absolute atomic E-state index is 0.0446. The van der Waals surface area contributed by atoms with Gasteiger partial charge in [-0.05, 0) is 12.1 Å². The first-order chi connectivity index (χ1) is 15.4. The largest absolute Gasteiger partial charge is 0.497 e.